The number of amides is 1. The average Bonchev–Trinajstić information content (AvgIpc) is 2.35. The summed E-state index contributed by atoms with van der Waals surface area (Å²) in [5, 5.41) is 8.80. The number of carbonyl (C=O) groups is 1. The van der Waals surface area contributed by atoms with Crippen LogP contribution in [0.5, 0.6) is 11.5 Å². The van der Waals surface area contributed by atoms with Crippen molar-refractivity contribution in [2.45, 2.75) is 13.3 Å². The van der Waals surface area contributed by atoms with Gasteiger partial charge in [-0.15, -0.1) is 0 Å². The van der Waals surface area contributed by atoms with Crippen LogP contribution in [0.4, 0.5) is 4.79 Å². The third-order valence-corrected chi connectivity index (χ3v) is 3.04. The minimum Gasteiger partial charge on any atom is -0.486 e. The summed E-state index contributed by atoms with van der Waals surface area (Å²) in [5.41, 5.74) is 2.19. The second-order valence-corrected chi connectivity index (χ2v) is 4.38. The molecule has 1 aromatic rings. The van der Waals surface area contributed by atoms with E-state index in [4.69, 9.17) is 14.6 Å². The SMILES string of the molecule is Cc1cc2c(cc1CCN(C)C(=O)O)OCCO2. The van der Waals surface area contributed by atoms with Crippen molar-refractivity contribution in [3.63, 3.8) is 0 Å². The van der Waals surface area contributed by atoms with Gasteiger partial charge >= 0.3 is 6.09 Å². The average molecular weight is 251 g/mol. The maximum Gasteiger partial charge on any atom is 0.407 e. The number of hydrogen-bond donors (Lipinski definition) is 1. The monoisotopic (exact) mass is 251 g/mol. The summed E-state index contributed by atoms with van der Waals surface area (Å²) in [7, 11) is 1.57. The summed E-state index contributed by atoms with van der Waals surface area (Å²) in [6.07, 6.45) is -0.240. The zero-order chi connectivity index (χ0) is 13.1. The van der Waals surface area contributed by atoms with Crippen molar-refractivity contribution in [3.05, 3.63) is 23.3 Å². The van der Waals surface area contributed by atoms with Gasteiger partial charge in [-0.05, 0) is 36.6 Å². The van der Waals surface area contributed by atoms with Gasteiger partial charge in [0.15, 0.2) is 11.5 Å². The maximum absolute atomic E-state index is 10.7. The van der Waals surface area contributed by atoms with Crippen LogP contribution in [-0.2, 0) is 6.42 Å². The Labute approximate surface area is 106 Å². The fourth-order valence-electron chi connectivity index (χ4n) is 1.89. The van der Waals surface area contributed by atoms with Crippen molar-refractivity contribution >= 4 is 6.09 Å². The molecule has 0 aromatic heterocycles. The highest BCUT2D eigenvalue weighted by atomic mass is 16.6. The molecule has 0 unspecified atom stereocenters. The molecule has 0 radical (unpaired) electrons. The first kappa shape index (κ1) is 12.5. The van der Waals surface area contributed by atoms with Crippen LogP contribution in [0, 0.1) is 6.92 Å². The summed E-state index contributed by atoms with van der Waals surface area (Å²) < 4.78 is 11.0. The van der Waals surface area contributed by atoms with E-state index in [0.717, 1.165) is 22.6 Å². The molecule has 1 heterocycles. The molecule has 5 nitrogen and oxygen atoms in total. The lowest BCUT2D eigenvalue weighted by molar-refractivity contribution is 0.156. The van der Waals surface area contributed by atoms with Crippen LogP contribution in [0.1, 0.15) is 11.1 Å². The Morgan fingerprint density at radius 1 is 1.33 bits per heavy atom. The molecular weight excluding hydrogens is 234 g/mol. The number of hydrogen-bond acceptors (Lipinski definition) is 3. The summed E-state index contributed by atoms with van der Waals surface area (Å²) in [6.45, 7) is 3.60. The second-order valence-electron chi connectivity index (χ2n) is 4.38. The van der Waals surface area contributed by atoms with Crippen LogP contribution in [0.3, 0.4) is 0 Å². The van der Waals surface area contributed by atoms with Gasteiger partial charge in [0, 0.05) is 13.6 Å². The number of fused-ring (bicyclic) bond motifs is 1. The lowest BCUT2D eigenvalue weighted by atomic mass is 10.0. The summed E-state index contributed by atoms with van der Waals surface area (Å²) in [6, 6.07) is 3.89. The smallest absolute Gasteiger partial charge is 0.407 e. The van der Waals surface area contributed by atoms with E-state index in [-0.39, 0.29) is 0 Å². The zero-order valence-corrected chi connectivity index (χ0v) is 10.6. The van der Waals surface area contributed by atoms with E-state index in [1.54, 1.807) is 7.05 Å². The van der Waals surface area contributed by atoms with Gasteiger partial charge in [0.2, 0.25) is 0 Å². The molecule has 1 aliphatic heterocycles. The molecule has 5 heteroatoms. The zero-order valence-electron chi connectivity index (χ0n) is 10.6. The number of likely N-dealkylation sites (N-methyl/N-ethyl adjacent to an activating group) is 1. The van der Waals surface area contributed by atoms with Crippen LogP contribution in [0.25, 0.3) is 0 Å². The van der Waals surface area contributed by atoms with Crippen molar-refractivity contribution in [2.24, 2.45) is 0 Å². The number of aryl methyl sites for hydroxylation is 1. The van der Waals surface area contributed by atoms with Crippen LogP contribution in [0.15, 0.2) is 12.1 Å². The van der Waals surface area contributed by atoms with Crippen molar-refractivity contribution in [1.82, 2.24) is 4.90 Å². The minimum atomic E-state index is -0.912. The molecule has 1 amide bonds. The maximum atomic E-state index is 10.7. The molecule has 98 valence electrons. The number of benzene rings is 1. The minimum absolute atomic E-state index is 0.468. The molecule has 0 aliphatic carbocycles. The molecular formula is C13H17NO4. The van der Waals surface area contributed by atoms with E-state index in [2.05, 4.69) is 0 Å². The van der Waals surface area contributed by atoms with Gasteiger partial charge in [-0.2, -0.15) is 0 Å². The predicted octanol–water partition coefficient (Wildman–Crippen LogP) is 1.92. The quantitative estimate of drug-likeness (QED) is 0.891. The number of carboxylic acid groups (broad SMARTS) is 1. The van der Waals surface area contributed by atoms with Crippen molar-refractivity contribution in [1.29, 1.82) is 0 Å². The molecule has 1 N–H and O–H groups in total. The van der Waals surface area contributed by atoms with Crippen LogP contribution in [0.2, 0.25) is 0 Å². The molecule has 1 aromatic carbocycles. The van der Waals surface area contributed by atoms with Gasteiger partial charge in [-0.25, -0.2) is 4.79 Å². The Morgan fingerprint density at radius 3 is 2.56 bits per heavy atom. The van der Waals surface area contributed by atoms with Gasteiger partial charge in [0.05, 0.1) is 0 Å². The van der Waals surface area contributed by atoms with Gasteiger partial charge in [-0.3, -0.25) is 0 Å². The number of nitrogens with zero attached hydrogens (tertiary/aromatic N) is 1. The second kappa shape index (κ2) is 5.16. The Morgan fingerprint density at radius 2 is 1.94 bits per heavy atom. The summed E-state index contributed by atoms with van der Waals surface area (Å²) in [5.74, 6) is 1.52. The van der Waals surface area contributed by atoms with Crippen LogP contribution < -0.4 is 9.47 Å². The molecule has 0 spiro atoms. The van der Waals surface area contributed by atoms with Gasteiger partial charge in [0.25, 0.3) is 0 Å². The summed E-state index contributed by atoms with van der Waals surface area (Å²) in [4.78, 5) is 12.0. The first-order valence-corrected chi connectivity index (χ1v) is 5.91. The lowest BCUT2D eigenvalue weighted by Crippen LogP contribution is -2.27. The molecule has 0 fully saturated rings. The van der Waals surface area contributed by atoms with E-state index in [9.17, 15) is 4.79 Å². The predicted molar refractivity (Wildman–Crippen MR) is 66.5 cm³/mol. The Kier molecular flexibility index (Phi) is 3.60. The fourth-order valence-corrected chi connectivity index (χ4v) is 1.89. The largest absolute Gasteiger partial charge is 0.486 e. The number of ether oxygens (including phenoxy) is 2. The Balaban J connectivity index is 2.11. The third-order valence-electron chi connectivity index (χ3n) is 3.04. The standard InChI is InChI=1S/C13H17NO4/c1-9-7-11-12(18-6-5-17-11)8-10(9)3-4-14(2)13(15)16/h7-8H,3-6H2,1-2H3,(H,15,16). The van der Waals surface area contributed by atoms with E-state index < -0.39 is 6.09 Å². The van der Waals surface area contributed by atoms with Gasteiger partial charge in [-0.1, -0.05) is 0 Å². The van der Waals surface area contributed by atoms with E-state index in [0.29, 0.717) is 26.2 Å². The lowest BCUT2D eigenvalue weighted by Gasteiger charge is -2.21. The van der Waals surface area contributed by atoms with Crippen molar-refractivity contribution < 1.29 is 19.4 Å². The molecule has 0 bridgehead atoms. The summed E-state index contributed by atoms with van der Waals surface area (Å²) >= 11 is 0. The van der Waals surface area contributed by atoms with E-state index in [1.165, 1.54) is 4.90 Å². The first-order chi connectivity index (χ1) is 8.58. The Hall–Kier alpha value is -1.91. The highest BCUT2D eigenvalue weighted by Gasteiger charge is 2.14. The normalized spacial score (nSPS) is 13.2. The molecule has 2 rings (SSSR count). The molecule has 0 saturated carbocycles. The fraction of sp³-hybridized carbons (Fsp3) is 0.462. The third kappa shape index (κ3) is 2.67. The van der Waals surface area contributed by atoms with Crippen molar-refractivity contribution in [2.75, 3.05) is 26.8 Å². The van der Waals surface area contributed by atoms with E-state index >= 15 is 0 Å². The molecule has 1 aliphatic rings. The van der Waals surface area contributed by atoms with Crippen LogP contribution in [-0.4, -0.2) is 42.9 Å². The Bertz CT molecular complexity index is 459. The first-order valence-electron chi connectivity index (χ1n) is 5.91. The topological polar surface area (TPSA) is 59.0 Å². The van der Waals surface area contributed by atoms with Crippen LogP contribution >= 0.6 is 0 Å². The highest BCUT2D eigenvalue weighted by molar-refractivity contribution is 5.64. The number of rotatable bonds is 3. The van der Waals surface area contributed by atoms with Gasteiger partial charge < -0.3 is 19.5 Å². The molecule has 0 atom stereocenters. The highest BCUT2D eigenvalue weighted by Crippen LogP contribution is 2.33. The van der Waals surface area contributed by atoms with E-state index in [1.807, 2.05) is 19.1 Å². The van der Waals surface area contributed by atoms with Crippen molar-refractivity contribution in [3.8, 4) is 11.5 Å². The molecule has 18 heavy (non-hydrogen) atoms. The molecule has 0 saturated heterocycles. The van der Waals surface area contributed by atoms with Gasteiger partial charge in [0.1, 0.15) is 13.2 Å².